The quantitative estimate of drug-likeness (QED) is 0.445. The highest BCUT2D eigenvalue weighted by atomic mass is 13.8. The van der Waals surface area contributed by atoms with Gasteiger partial charge in [0.2, 0.25) is 0 Å². The zero-order valence-corrected chi connectivity index (χ0v) is 4.07. The topological polar surface area (TPSA) is 0 Å². The van der Waals surface area contributed by atoms with Gasteiger partial charge in [-0.15, -0.1) is 6.58 Å². The first-order chi connectivity index (χ1) is 2.77. The molecule has 0 amide bonds. The molecule has 0 aliphatic carbocycles. The van der Waals surface area contributed by atoms with Crippen molar-refractivity contribution in [1.82, 2.24) is 0 Å². The summed E-state index contributed by atoms with van der Waals surface area (Å²) >= 11 is 0. The minimum absolute atomic E-state index is 0.833. The first kappa shape index (κ1) is 5.48. The van der Waals surface area contributed by atoms with Crippen molar-refractivity contribution < 1.29 is 0 Å². The van der Waals surface area contributed by atoms with Gasteiger partial charge in [0.05, 0.1) is 0 Å². The summed E-state index contributed by atoms with van der Waals surface area (Å²) in [4.78, 5) is 0. The highest BCUT2D eigenvalue weighted by molar-refractivity contribution is 4.92. The van der Waals surface area contributed by atoms with E-state index in [1.807, 2.05) is 6.92 Å². The third-order valence-electron chi connectivity index (χ3n) is 0.466. The molecular formula is C6H9. The van der Waals surface area contributed by atoms with Crippen molar-refractivity contribution in [3.8, 4) is 0 Å². The molecule has 0 spiro atoms. The molecule has 0 heteroatoms. The molecule has 0 aromatic heterocycles. The van der Waals surface area contributed by atoms with Gasteiger partial charge in [-0.05, 0) is 13.3 Å². The van der Waals surface area contributed by atoms with Crippen LogP contribution in [0.4, 0.5) is 0 Å². The number of allylic oxidation sites excluding steroid dienone is 2. The lowest BCUT2D eigenvalue weighted by Crippen LogP contribution is -1.62. The van der Waals surface area contributed by atoms with Crippen LogP contribution in [0.2, 0.25) is 0 Å². The minimum atomic E-state index is 0.833. The number of hydrogen-bond donors (Lipinski definition) is 0. The molecule has 0 aromatic rings. The molecule has 1 radical (unpaired) electrons. The summed E-state index contributed by atoms with van der Waals surface area (Å²) in [7, 11) is 0. The van der Waals surface area contributed by atoms with E-state index >= 15 is 0 Å². The van der Waals surface area contributed by atoms with Gasteiger partial charge in [0.1, 0.15) is 0 Å². The zero-order chi connectivity index (χ0) is 4.99. The maximum absolute atomic E-state index is 5.25. The van der Waals surface area contributed by atoms with Gasteiger partial charge in [-0.2, -0.15) is 0 Å². The molecule has 0 aliphatic heterocycles. The molecule has 0 unspecified atom stereocenters. The van der Waals surface area contributed by atoms with Gasteiger partial charge in [0, 0.05) is 0 Å². The van der Waals surface area contributed by atoms with Crippen molar-refractivity contribution in [1.29, 1.82) is 0 Å². The Hall–Kier alpha value is -0.520. The van der Waals surface area contributed by atoms with Gasteiger partial charge in [-0.3, -0.25) is 0 Å². The molecular weight excluding hydrogens is 72.1 g/mol. The Kier molecular flexibility index (Phi) is 2.47. The second-order valence-electron chi connectivity index (χ2n) is 1.34. The molecule has 0 heterocycles. The van der Waals surface area contributed by atoms with E-state index < -0.39 is 0 Å². The molecule has 0 bridgehead atoms. The molecule has 0 saturated heterocycles. The summed E-state index contributed by atoms with van der Waals surface area (Å²) < 4.78 is 0. The average Bonchev–Trinajstić information content (AvgIpc) is 1.35. The smallest absolute Gasteiger partial charge is 0.0141 e. The van der Waals surface area contributed by atoms with Crippen molar-refractivity contribution in [3.05, 3.63) is 24.8 Å². The molecule has 0 fully saturated rings. The fourth-order valence-electron chi connectivity index (χ4n) is 0.228. The first-order valence-corrected chi connectivity index (χ1v) is 1.96. The Morgan fingerprint density at radius 1 is 2.00 bits per heavy atom. The van der Waals surface area contributed by atoms with Crippen molar-refractivity contribution >= 4 is 0 Å². The van der Waals surface area contributed by atoms with Crippen molar-refractivity contribution in [2.45, 2.75) is 13.3 Å². The molecule has 0 N–H and O–H groups in total. The largest absolute Gasteiger partial charge is 0.103 e. The van der Waals surface area contributed by atoms with E-state index in [1.54, 1.807) is 6.08 Å². The van der Waals surface area contributed by atoms with Crippen LogP contribution in [0, 0.1) is 6.58 Å². The Morgan fingerprint density at radius 2 is 2.50 bits per heavy atom. The van der Waals surface area contributed by atoms with Crippen LogP contribution < -0.4 is 0 Å². The molecule has 6 heavy (non-hydrogen) atoms. The van der Waals surface area contributed by atoms with Crippen LogP contribution in [0.5, 0.6) is 0 Å². The third-order valence-corrected chi connectivity index (χ3v) is 0.466. The average molecular weight is 81.1 g/mol. The fourth-order valence-corrected chi connectivity index (χ4v) is 0.228. The predicted molar refractivity (Wildman–Crippen MR) is 28.3 cm³/mol. The van der Waals surface area contributed by atoms with Gasteiger partial charge in [0.25, 0.3) is 0 Å². The first-order valence-electron chi connectivity index (χ1n) is 1.96. The summed E-state index contributed by atoms with van der Waals surface area (Å²) in [5, 5.41) is 0. The highest BCUT2D eigenvalue weighted by Gasteiger charge is 1.72. The Bertz CT molecular complexity index is 60.4. The van der Waals surface area contributed by atoms with Crippen molar-refractivity contribution in [2.75, 3.05) is 0 Å². The van der Waals surface area contributed by atoms with E-state index in [4.69, 9.17) is 6.58 Å². The van der Waals surface area contributed by atoms with Gasteiger partial charge in [0.15, 0.2) is 0 Å². The number of hydrogen-bond acceptors (Lipinski definition) is 0. The van der Waals surface area contributed by atoms with Crippen LogP contribution >= 0.6 is 0 Å². The zero-order valence-electron chi connectivity index (χ0n) is 4.07. The molecule has 0 aliphatic rings. The molecule has 0 atom stereocenters. The van der Waals surface area contributed by atoms with Crippen molar-refractivity contribution in [2.24, 2.45) is 0 Å². The molecule has 0 rings (SSSR count). The summed E-state index contributed by atoms with van der Waals surface area (Å²) in [6.07, 6.45) is 2.62. The molecule has 33 valence electrons. The van der Waals surface area contributed by atoms with Crippen LogP contribution in [0.25, 0.3) is 0 Å². The van der Waals surface area contributed by atoms with E-state index in [9.17, 15) is 0 Å². The monoisotopic (exact) mass is 81.1 g/mol. The lowest BCUT2D eigenvalue weighted by molar-refractivity contribution is 1.23. The SMILES string of the molecule is [CH]=C(C)CC=C. The lowest BCUT2D eigenvalue weighted by Gasteiger charge is -1.82. The summed E-state index contributed by atoms with van der Waals surface area (Å²) in [5.41, 5.74) is 0.921. The van der Waals surface area contributed by atoms with Crippen LogP contribution in [0.3, 0.4) is 0 Å². The maximum Gasteiger partial charge on any atom is -0.0141 e. The Labute approximate surface area is 39.2 Å². The van der Waals surface area contributed by atoms with E-state index in [0.29, 0.717) is 0 Å². The normalized spacial score (nSPS) is 7.50. The summed E-state index contributed by atoms with van der Waals surface area (Å²) in [6.45, 7) is 10.6. The van der Waals surface area contributed by atoms with Crippen molar-refractivity contribution in [3.63, 3.8) is 0 Å². The second kappa shape index (κ2) is 2.70. The summed E-state index contributed by atoms with van der Waals surface area (Å²) in [6, 6.07) is 0. The second-order valence-corrected chi connectivity index (χ2v) is 1.34. The van der Waals surface area contributed by atoms with Gasteiger partial charge >= 0.3 is 0 Å². The third kappa shape index (κ3) is 3.48. The van der Waals surface area contributed by atoms with Crippen LogP contribution in [-0.2, 0) is 0 Å². The van der Waals surface area contributed by atoms with E-state index in [2.05, 4.69) is 6.58 Å². The predicted octanol–water partition coefficient (Wildman–Crippen LogP) is 1.94. The lowest BCUT2D eigenvalue weighted by atomic mass is 10.2. The maximum atomic E-state index is 5.25. The summed E-state index contributed by atoms with van der Waals surface area (Å²) in [5.74, 6) is 0. The van der Waals surface area contributed by atoms with Gasteiger partial charge in [-0.25, -0.2) is 0 Å². The molecule has 0 saturated carbocycles. The van der Waals surface area contributed by atoms with E-state index in [0.717, 1.165) is 12.0 Å². The van der Waals surface area contributed by atoms with E-state index in [-0.39, 0.29) is 0 Å². The Balaban J connectivity index is 3.05. The minimum Gasteiger partial charge on any atom is -0.103 e. The molecule has 0 nitrogen and oxygen atoms in total. The fraction of sp³-hybridized carbons (Fsp3) is 0.333. The standard InChI is InChI=1S/C6H9/c1-4-5-6(2)3/h2,4H,1,5H2,3H3. The Morgan fingerprint density at radius 3 is 2.50 bits per heavy atom. The highest BCUT2D eigenvalue weighted by Crippen LogP contribution is 1.91. The number of rotatable bonds is 2. The van der Waals surface area contributed by atoms with Crippen LogP contribution in [-0.4, -0.2) is 0 Å². The van der Waals surface area contributed by atoms with E-state index in [1.165, 1.54) is 0 Å². The molecule has 0 aromatic carbocycles. The van der Waals surface area contributed by atoms with Crippen LogP contribution in [0.1, 0.15) is 13.3 Å². The van der Waals surface area contributed by atoms with Crippen LogP contribution in [0.15, 0.2) is 18.2 Å². The van der Waals surface area contributed by atoms with Gasteiger partial charge in [-0.1, -0.05) is 18.2 Å². The van der Waals surface area contributed by atoms with Gasteiger partial charge < -0.3 is 0 Å².